The maximum atomic E-state index is 11.6. The van der Waals surface area contributed by atoms with Crippen LogP contribution in [0.15, 0.2) is 30.3 Å². The first-order valence-corrected chi connectivity index (χ1v) is 5.73. The lowest BCUT2D eigenvalue weighted by Crippen LogP contribution is -2.42. The Kier molecular flexibility index (Phi) is 3.50. The second-order valence-corrected chi connectivity index (χ2v) is 4.21. The van der Waals surface area contributed by atoms with Gasteiger partial charge in [-0.25, -0.2) is 9.59 Å². The third-order valence-electron chi connectivity index (χ3n) is 3.12. The zero-order chi connectivity index (χ0) is 13.1. The second-order valence-electron chi connectivity index (χ2n) is 4.21. The van der Waals surface area contributed by atoms with Crippen LogP contribution in [0.25, 0.3) is 0 Å². The number of alkyl carbamates (subject to hydrolysis) is 1. The third kappa shape index (κ3) is 2.30. The molecule has 5 nitrogen and oxygen atoms in total. The van der Waals surface area contributed by atoms with Crippen molar-refractivity contribution >= 4 is 12.1 Å². The van der Waals surface area contributed by atoms with Gasteiger partial charge in [0.05, 0.1) is 7.11 Å². The molecule has 3 atom stereocenters. The van der Waals surface area contributed by atoms with E-state index in [-0.39, 0.29) is 5.92 Å². The van der Waals surface area contributed by atoms with E-state index in [1.807, 2.05) is 37.3 Å². The maximum absolute atomic E-state index is 11.6. The highest BCUT2D eigenvalue weighted by molar-refractivity contribution is 5.85. The number of hydrogen-bond acceptors (Lipinski definition) is 4. The SMILES string of the molecule is COC(=O)C1NC(=O)OC1C(C)c1ccccc1. The Labute approximate surface area is 105 Å². The molecule has 1 N–H and O–H groups in total. The van der Waals surface area contributed by atoms with Crippen LogP contribution in [0.2, 0.25) is 0 Å². The van der Waals surface area contributed by atoms with Crippen LogP contribution in [0.1, 0.15) is 18.4 Å². The number of ether oxygens (including phenoxy) is 2. The van der Waals surface area contributed by atoms with Gasteiger partial charge in [0.2, 0.25) is 0 Å². The molecule has 0 radical (unpaired) electrons. The first-order valence-electron chi connectivity index (χ1n) is 5.73. The largest absolute Gasteiger partial charge is 0.467 e. The molecule has 1 aromatic rings. The molecule has 1 amide bonds. The zero-order valence-electron chi connectivity index (χ0n) is 10.3. The highest BCUT2D eigenvalue weighted by atomic mass is 16.6. The van der Waals surface area contributed by atoms with Gasteiger partial charge in [-0.3, -0.25) is 0 Å². The number of hydrogen-bond donors (Lipinski definition) is 1. The van der Waals surface area contributed by atoms with Crippen LogP contribution in [-0.2, 0) is 14.3 Å². The number of rotatable bonds is 3. The molecule has 0 aliphatic carbocycles. The Morgan fingerprint density at radius 2 is 2.06 bits per heavy atom. The van der Waals surface area contributed by atoms with Crippen molar-refractivity contribution in [3.63, 3.8) is 0 Å². The van der Waals surface area contributed by atoms with E-state index in [9.17, 15) is 9.59 Å². The number of methoxy groups -OCH3 is 1. The lowest BCUT2D eigenvalue weighted by Gasteiger charge is -2.21. The second kappa shape index (κ2) is 5.08. The highest BCUT2D eigenvalue weighted by Gasteiger charge is 2.43. The molecular formula is C13H15NO4. The number of benzene rings is 1. The highest BCUT2D eigenvalue weighted by Crippen LogP contribution is 2.27. The van der Waals surface area contributed by atoms with Crippen LogP contribution in [0, 0.1) is 0 Å². The zero-order valence-corrected chi connectivity index (χ0v) is 10.3. The van der Waals surface area contributed by atoms with E-state index in [1.54, 1.807) is 0 Å². The molecule has 18 heavy (non-hydrogen) atoms. The molecule has 1 aliphatic heterocycles. The Morgan fingerprint density at radius 1 is 1.39 bits per heavy atom. The molecule has 1 aromatic carbocycles. The van der Waals surface area contributed by atoms with Gasteiger partial charge in [0.25, 0.3) is 0 Å². The smallest absolute Gasteiger partial charge is 0.408 e. The summed E-state index contributed by atoms with van der Waals surface area (Å²) < 4.78 is 9.83. The van der Waals surface area contributed by atoms with E-state index in [0.29, 0.717) is 0 Å². The summed E-state index contributed by atoms with van der Waals surface area (Å²) in [7, 11) is 1.29. The van der Waals surface area contributed by atoms with Crippen LogP contribution in [0.5, 0.6) is 0 Å². The van der Waals surface area contributed by atoms with Crippen molar-refractivity contribution in [1.29, 1.82) is 0 Å². The van der Waals surface area contributed by atoms with Gasteiger partial charge in [-0.1, -0.05) is 37.3 Å². The number of esters is 1. The fourth-order valence-electron chi connectivity index (χ4n) is 2.09. The van der Waals surface area contributed by atoms with Gasteiger partial charge in [-0.05, 0) is 5.56 Å². The van der Waals surface area contributed by atoms with Crippen molar-refractivity contribution in [3.05, 3.63) is 35.9 Å². The Bertz CT molecular complexity index is 446. The van der Waals surface area contributed by atoms with Gasteiger partial charge in [-0.15, -0.1) is 0 Å². The van der Waals surface area contributed by atoms with E-state index >= 15 is 0 Å². The minimum Gasteiger partial charge on any atom is -0.467 e. The predicted molar refractivity (Wildman–Crippen MR) is 64.1 cm³/mol. The topological polar surface area (TPSA) is 64.6 Å². The van der Waals surface area contributed by atoms with Gasteiger partial charge < -0.3 is 14.8 Å². The van der Waals surface area contributed by atoms with Crippen LogP contribution >= 0.6 is 0 Å². The summed E-state index contributed by atoms with van der Waals surface area (Å²) in [6.07, 6.45) is -1.13. The first-order chi connectivity index (χ1) is 8.63. The van der Waals surface area contributed by atoms with E-state index in [1.165, 1.54) is 7.11 Å². The molecule has 0 spiro atoms. The monoisotopic (exact) mass is 249 g/mol. The molecule has 1 fully saturated rings. The fraction of sp³-hybridized carbons (Fsp3) is 0.385. The standard InChI is InChI=1S/C13H15NO4/c1-8(9-6-4-3-5-7-9)11-10(12(15)17-2)14-13(16)18-11/h3-8,10-11H,1-2H3,(H,14,16). The number of carbonyl (C=O) groups excluding carboxylic acids is 2. The maximum Gasteiger partial charge on any atom is 0.408 e. The van der Waals surface area contributed by atoms with Gasteiger partial charge >= 0.3 is 12.1 Å². The summed E-state index contributed by atoms with van der Waals surface area (Å²) >= 11 is 0. The van der Waals surface area contributed by atoms with Crippen molar-refractivity contribution < 1.29 is 19.1 Å². The summed E-state index contributed by atoms with van der Waals surface area (Å²) in [5, 5.41) is 2.47. The molecule has 0 aromatic heterocycles. The lowest BCUT2D eigenvalue weighted by molar-refractivity contribution is -0.144. The van der Waals surface area contributed by atoms with Crippen molar-refractivity contribution in [2.45, 2.75) is 25.0 Å². The molecule has 1 heterocycles. The molecule has 5 heteroatoms. The lowest BCUT2D eigenvalue weighted by atomic mass is 9.91. The first kappa shape index (κ1) is 12.4. The summed E-state index contributed by atoms with van der Waals surface area (Å²) in [6.45, 7) is 1.91. The average molecular weight is 249 g/mol. The summed E-state index contributed by atoms with van der Waals surface area (Å²) in [6, 6.07) is 8.84. The summed E-state index contributed by atoms with van der Waals surface area (Å²) in [4.78, 5) is 22.9. The Morgan fingerprint density at radius 3 is 2.67 bits per heavy atom. The normalized spacial score (nSPS) is 24.0. The summed E-state index contributed by atoms with van der Waals surface area (Å²) in [5.41, 5.74) is 1.01. The van der Waals surface area contributed by atoms with Crippen molar-refractivity contribution in [1.82, 2.24) is 5.32 Å². The fourth-order valence-corrected chi connectivity index (χ4v) is 2.09. The molecule has 0 bridgehead atoms. The summed E-state index contributed by atoms with van der Waals surface area (Å²) in [5.74, 6) is -0.581. The van der Waals surface area contributed by atoms with E-state index in [0.717, 1.165) is 5.56 Å². The predicted octanol–water partition coefficient (Wildman–Crippen LogP) is 1.44. The minimum atomic E-state index is -0.752. The molecule has 0 saturated carbocycles. The molecule has 96 valence electrons. The van der Waals surface area contributed by atoms with Crippen LogP contribution in [0.4, 0.5) is 4.79 Å². The quantitative estimate of drug-likeness (QED) is 0.823. The Balaban J connectivity index is 2.20. The number of nitrogens with one attached hydrogen (secondary N) is 1. The van der Waals surface area contributed by atoms with Gasteiger partial charge in [0.1, 0.15) is 6.10 Å². The van der Waals surface area contributed by atoms with Gasteiger partial charge in [0.15, 0.2) is 6.04 Å². The number of carbonyl (C=O) groups is 2. The van der Waals surface area contributed by atoms with Crippen molar-refractivity contribution in [2.75, 3.05) is 7.11 Å². The average Bonchev–Trinajstić information content (AvgIpc) is 2.80. The third-order valence-corrected chi connectivity index (χ3v) is 3.12. The molecular weight excluding hydrogens is 234 g/mol. The van der Waals surface area contributed by atoms with Crippen LogP contribution < -0.4 is 5.32 Å². The van der Waals surface area contributed by atoms with Crippen molar-refractivity contribution in [2.24, 2.45) is 0 Å². The van der Waals surface area contributed by atoms with E-state index < -0.39 is 24.2 Å². The van der Waals surface area contributed by atoms with E-state index in [2.05, 4.69) is 10.1 Å². The number of amides is 1. The minimum absolute atomic E-state index is 0.0887. The van der Waals surface area contributed by atoms with Crippen LogP contribution in [0.3, 0.4) is 0 Å². The van der Waals surface area contributed by atoms with Crippen molar-refractivity contribution in [3.8, 4) is 0 Å². The molecule has 3 unspecified atom stereocenters. The number of cyclic esters (lactones) is 1. The van der Waals surface area contributed by atoms with Crippen LogP contribution in [-0.4, -0.2) is 31.3 Å². The van der Waals surface area contributed by atoms with Gasteiger partial charge in [-0.2, -0.15) is 0 Å². The molecule has 1 saturated heterocycles. The molecule has 2 rings (SSSR count). The van der Waals surface area contributed by atoms with E-state index in [4.69, 9.17) is 4.74 Å². The molecule has 1 aliphatic rings. The Hall–Kier alpha value is -2.04. The van der Waals surface area contributed by atoms with Gasteiger partial charge in [0, 0.05) is 5.92 Å².